The highest BCUT2D eigenvalue weighted by Gasteiger charge is 2.12. The van der Waals surface area contributed by atoms with Crippen LogP contribution in [-0.4, -0.2) is 10.2 Å². The first kappa shape index (κ1) is 10.5. The van der Waals surface area contributed by atoms with Gasteiger partial charge in [-0.1, -0.05) is 0 Å². The van der Waals surface area contributed by atoms with Gasteiger partial charge in [-0.05, 0) is 11.6 Å². The van der Waals surface area contributed by atoms with Crippen LogP contribution >= 0.6 is 0 Å². The zero-order valence-electron chi connectivity index (χ0n) is 8.10. The highest BCUT2D eigenvalue weighted by molar-refractivity contribution is 5.42. The average Bonchev–Trinajstić information content (AvgIpc) is 2.61. The summed E-state index contributed by atoms with van der Waals surface area (Å²) in [6.07, 6.45) is 1.40. The third-order valence-electron chi connectivity index (χ3n) is 2.21. The minimum Gasteiger partial charge on any atom is -0.396 e. The molecule has 2 aromatic rings. The maximum Gasteiger partial charge on any atom is 0.161 e. The number of halogens is 3. The van der Waals surface area contributed by atoms with Gasteiger partial charge in [0.1, 0.15) is 5.82 Å². The van der Waals surface area contributed by atoms with Crippen LogP contribution in [0, 0.1) is 17.5 Å². The third-order valence-corrected chi connectivity index (χ3v) is 2.21. The van der Waals surface area contributed by atoms with Crippen LogP contribution in [0.1, 0.15) is 11.3 Å². The number of hydrogen-bond donors (Lipinski definition) is 2. The fourth-order valence-electron chi connectivity index (χ4n) is 1.35. The molecule has 0 amide bonds. The van der Waals surface area contributed by atoms with Crippen LogP contribution in [0.2, 0.25) is 0 Å². The Balaban J connectivity index is 2.35. The second-order valence-corrected chi connectivity index (χ2v) is 3.34. The molecule has 3 nitrogen and oxygen atoms in total. The topological polar surface area (TPSA) is 54.7 Å². The maximum absolute atomic E-state index is 13.3. The van der Waals surface area contributed by atoms with E-state index in [2.05, 4.69) is 10.2 Å². The number of hydrogen-bond acceptors (Lipinski definition) is 2. The third kappa shape index (κ3) is 1.86. The molecule has 0 saturated carbocycles. The van der Waals surface area contributed by atoms with Gasteiger partial charge in [0.15, 0.2) is 11.6 Å². The summed E-state index contributed by atoms with van der Waals surface area (Å²) >= 11 is 0. The summed E-state index contributed by atoms with van der Waals surface area (Å²) in [5.74, 6) is -3.11. The highest BCUT2D eigenvalue weighted by Crippen LogP contribution is 2.18. The van der Waals surface area contributed by atoms with E-state index in [0.29, 0.717) is 17.4 Å². The SMILES string of the molecule is Nc1cn[nH]c1Cc1cc(F)c(F)cc1F. The smallest absolute Gasteiger partial charge is 0.161 e. The number of aromatic nitrogens is 2. The van der Waals surface area contributed by atoms with E-state index >= 15 is 0 Å². The van der Waals surface area contributed by atoms with Crippen molar-refractivity contribution >= 4 is 5.69 Å². The molecule has 0 spiro atoms. The minimum atomic E-state index is -1.21. The fourth-order valence-corrected chi connectivity index (χ4v) is 1.35. The largest absolute Gasteiger partial charge is 0.396 e. The van der Waals surface area contributed by atoms with Crippen molar-refractivity contribution in [3.8, 4) is 0 Å². The van der Waals surface area contributed by atoms with Gasteiger partial charge < -0.3 is 5.73 Å². The summed E-state index contributed by atoms with van der Waals surface area (Å²) in [5.41, 5.74) is 6.36. The summed E-state index contributed by atoms with van der Waals surface area (Å²) in [7, 11) is 0. The minimum absolute atomic E-state index is 0.0230. The molecule has 0 fully saturated rings. The van der Waals surface area contributed by atoms with Crippen molar-refractivity contribution in [2.24, 2.45) is 0 Å². The van der Waals surface area contributed by atoms with E-state index in [1.54, 1.807) is 0 Å². The fraction of sp³-hybridized carbons (Fsp3) is 0.100. The van der Waals surface area contributed by atoms with Gasteiger partial charge in [0, 0.05) is 12.5 Å². The van der Waals surface area contributed by atoms with E-state index in [1.165, 1.54) is 6.20 Å². The molecule has 16 heavy (non-hydrogen) atoms. The molecule has 3 N–H and O–H groups in total. The van der Waals surface area contributed by atoms with Crippen molar-refractivity contribution in [1.29, 1.82) is 0 Å². The van der Waals surface area contributed by atoms with Gasteiger partial charge >= 0.3 is 0 Å². The van der Waals surface area contributed by atoms with Gasteiger partial charge in [0.25, 0.3) is 0 Å². The number of nitrogens with zero attached hydrogens (tertiary/aromatic N) is 1. The Kier molecular flexibility index (Phi) is 2.55. The van der Waals surface area contributed by atoms with E-state index in [9.17, 15) is 13.2 Å². The molecule has 0 radical (unpaired) electrons. The van der Waals surface area contributed by atoms with Gasteiger partial charge in [-0.3, -0.25) is 5.10 Å². The Bertz CT molecular complexity index is 522. The van der Waals surface area contributed by atoms with E-state index in [4.69, 9.17) is 5.73 Å². The summed E-state index contributed by atoms with van der Waals surface area (Å²) in [5, 5.41) is 6.20. The Morgan fingerprint density at radius 1 is 1.12 bits per heavy atom. The zero-order valence-corrected chi connectivity index (χ0v) is 8.10. The lowest BCUT2D eigenvalue weighted by Crippen LogP contribution is -1.99. The lowest BCUT2D eigenvalue weighted by molar-refractivity contribution is 0.491. The normalized spacial score (nSPS) is 10.7. The number of nitrogens with one attached hydrogen (secondary N) is 1. The molecule has 0 aliphatic rings. The lowest BCUT2D eigenvalue weighted by Gasteiger charge is -2.03. The molecular weight excluding hydrogens is 219 g/mol. The molecule has 2 rings (SSSR count). The van der Waals surface area contributed by atoms with Gasteiger partial charge in [-0.2, -0.15) is 5.10 Å². The molecule has 0 aliphatic carbocycles. The molecule has 0 aliphatic heterocycles. The van der Waals surface area contributed by atoms with Crippen molar-refractivity contribution in [3.63, 3.8) is 0 Å². The molecule has 0 bridgehead atoms. The number of H-pyrrole nitrogens is 1. The van der Waals surface area contributed by atoms with Crippen molar-refractivity contribution in [1.82, 2.24) is 10.2 Å². The second kappa shape index (κ2) is 3.88. The second-order valence-electron chi connectivity index (χ2n) is 3.34. The Labute approximate surface area is 89.1 Å². The van der Waals surface area contributed by atoms with Crippen LogP contribution in [-0.2, 0) is 6.42 Å². The lowest BCUT2D eigenvalue weighted by atomic mass is 10.1. The molecule has 1 aromatic carbocycles. The Hall–Kier alpha value is -1.98. The number of nitrogens with two attached hydrogens (primary N) is 1. The first-order chi connectivity index (χ1) is 7.58. The highest BCUT2D eigenvalue weighted by atomic mass is 19.2. The van der Waals surface area contributed by atoms with Crippen LogP contribution in [0.15, 0.2) is 18.3 Å². The molecule has 1 aromatic heterocycles. The Morgan fingerprint density at radius 2 is 1.81 bits per heavy atom. The standard InChI is InChI=1S/C10H8F3N3/c11-6-3-8(13)7(12)1-5(6)2-10-9(14)4-15-16-10/h1,3-4H,2,14H2,(H,15,16). The number of aromatic amines is 1. The van der Waals surface area contributed by atoms with E-state index in [1.807, 2.05) is 0 Å². The van der Waals surface area contributed by atoms with Gasteiger partial charge in [-0.15, -0.1) is 0 Å². The van der Waals surface area contributed by atoms with Crippen molar-refractivity contribution in [2.45, 2.75) is 6.42 Å². The molecule has 6 heteroatoms. The number of anilines is 1. The first-order valence-corrected chi connectivity index (χ1v) is 4.49. The molecule has 84 valence electrons. The summed E-state index contributed by atoms with van der Waals surface area (Å²) < 4.78 is 38.8. The van der Waals surface area contributed by atoms with Crippen LogP contribution in [0.4, 0.5) is 18.9 Å². The maximum atomic E-state index is 13.3. The van der Waals surface area contributed by atoms with Crippen LogP contribution in [0.3, 0.4) is 0 Å². The molecular formula is C10H8F3N3. The van der Waals surface area contributed by atoms with Gasteiger partial charge in [0.2, 0.25) is 0 Å². The van der Waals surface area contributed by atoms with Crippen molar-refractivity contribution in [3.05, 3.63) is 47.0 Å². The monoisotopic (exact) mass is 227 g/mol. The number of rotatable bonds is 2. The first-order valence-electron chi connectivity index (χ1n) is 4.49. The zero-order chi connectivity index (χ0) is 11.7. The quantitative estimate of drug-likeness (QED) is 0.771. The molecule has 0 unspecified atom stereocenters. The summed E-state index contributed by atoms with van der Waals surface area (Å²) in [4.78, 5) is 0. The van der Waals surface area contributed by atoms with Crippen molar-refractivity contribution in [2.75, 3.05) is 5.73 Å². The van der Waals surface area contributed by atoms with E-state index in [0.717, 1.165) is 6.07 Å². The summed E-state index contributed by atoms with van der Waals surface area (Å²) in [6, 6.07) is 1.32. The summed E-state index contributed by atoms with van der Waals surface area (Å²) in [6.45, 7) is 0. The van der Waals surface area contributed by atoms with Crippen LogP contribution < -0.4 is 5.73 Å². The Morgan fingerprint density at radius 3 is 2.44 bits per heavy atom. The number of benzene rings is 1. The van der Waals surface area contributed by atoms with Crippen LogP contribution in [0.25, 0.3) is 0 Å². The predicted molar refractivity (Wildman–Crippen MR) is 52.1 cm³/mol. The van der Waals surface area contributed by atoms with Gasteiger partial charge in [0.05, 0.1) is 17.6 Å². The van der Waals surface area contributed by atoms with Gasteiger partial charge in [-0.25, -0.2) is 13.2 Å². The molecule has 0 saturated heterocycles. The van der Waals surface area contributed by atoms with E-state index < -0.39 is 17.5 Å². The van der Waals surface area contributed by atoms with E-state index in [-0.39, 0.29) is 12.0 Å². The average molecular weight is 227 g/mol. The molecule has 0 atom stereocenters. The van der Waals surface area contributed by atoms with Crippen molar-refractivity contribution < 1.29 is 13.2 Å². The molecule has 1 heterocycles. The number of nitrogen functional groups attached to an aromatic ring is 1. The van der Waals surface area contributed by atoms with Crippen LogP contribution in [0.5, 0.6) is 0 Å². The predicted octanol–water partition coefficient (Wildman–Crippen LogP) is 2.00.